The minimum atomic E-state index is -0.755. The molecule has 0 amide bonds. The molecule has 0 spiro atoms. The third kappa shape index (κ3) is 2.76. The summed E-state index contributed by atoms with van der Waals surface area (Å²) in [7, 11) is 0. The molecule has 0 aromatic heterocycles. The first-order valence-corrected chi connectivity index (χ1v) is 6.08. The molecule has 3 nitrogen and oxygen atoms in total. The van der Waals surface area contributed by atoms with Crippen LogP contribution in [0.2, 0.25) is 0 Å². The Morgan fingerprint density at radius 3 is 2.75 bits per heavy atom. The summed E-state index contributed by atoms with van der Waals surface area (Å²) < 4.78 is 6.39. The van der Waals surface area contributed by atoms with Crippen LogP contribution < -0.4 is 4.74 Å². The zero-order chi connectivity index (χ0) is 11.5. The lowest BCUT2D eigenvalue weighted by atomic mass is 10.1. The first kappa shape index (κ1) is 11.5. The zero-order valence-electron chi connectivity index (χ0n) is 8.73. The third-order valence-corrected chi connectivity index (χ3v) is 3.42. The molecule has 1 aliphatic rings. The summed E-state index contributed by atoms with van der Waals surface area (Å²) >= 11 is 3.36. The summed E-state index contributed by atoms with van der Waals surface area (Å²) in [5.41, 5.74) is 0. The second kappa shape index (κ2) is 4.87. The van der Waals surface area contributed by atoms with Gasteiger partial charge >= 0.3 is 5.97 Å². The fourth-order valence-electron chi connectivity index (χ4n) is 1.65. The number of hydrogen-bond acceptors (Lipinski definition) is 2. The second-order valence-electron chi connectivity index (χ2n) is 4.02. The number of carboxylic acids is 1. The highest BCUT2D eigenvalue weighted by molar-refractivity contribution is 9.10. The van der Waals surface area contributed by atoms with Gasteiger partial charge in [-0.3, -0.25) is 4.79 Å². The van der Waals surface area contributed by atoms with Crippen LogP contribution in [0.25, 0.3) is 0 Å². The summed E-state index contributed by atoms with van der Waals surface area (Å²) in [6.45, 7) is 0.253. The van der Waals surface area contributed by atoms with E-state index in [-0.39, 0.29) is 12.5 Å². The molecule has 1 aromatic carbocycles. The summed E-state index contributed by atoms with van der Waals surface area (Å²) in [4.78, 5) is 11.0. The topological polar surface area (TPSA) is 46.5 Å². The Balaban J connectivity index is 1.95. The van der Waals surface area contributed by atoms with Crippen LogP contribution in [0.15, 0.2) is 28.7 Å². The number of aliphatic carboxylic acids is 1. The average Bonchev–Trinajstić information content (AvgIpc) is 3.04. The van der Waals surface area contributed by atoms with Crippen molar-refractivity contribution in [1.29, 1.82) is 0 Å². The minimum Gasteiger partial charge on any atom is -0.491 e. The van der Waals surface area contributed by atoms with Gasteiger partial charge in [0.25, 0.3) is 0 Å². The molecule has 2 rings (SSSR count). The third-order valence-electron chi connectivity index (χ3n) is 2.76. The van der Waals surface area contributed by atoms with Crippen LogP contribution >= 0.6 is 15.9 Å². The number of rotatable bonds is 5. The van der Waals surface area contributed by atoms with Crippen molar-refractivity contribution in [3.8, 4) is 5.75 Å². The van der Waals surface area contributed by atoms with E-state index in [0.29, 0.717) is 11.7 Å². The van der Waals surface area contributed by atoms with Crippen LogP contribution in [0.4, 0.5) is 0 Å². The van der Waals surface area contributed by atoms with Crippen LogP contribution in [0.1, 0.15) is 12.8 Å². The van der Waals surface area contributed by atoms with Crippen LogP contribution in [0.5, 0.6) is 5.75 Å². The number of para-hydroxylation sites is 1. The summed E-state index contributed by atoms with van der Waals surface area (Å²) in [5, 5.41) is 9.04. The molecule has 86 valence electrons. The minimum absolute atomic E-state index is 0.253. The number of halogens is 1. The number of benzene rings is 1. The SMILES string of the molecule is O=C(O)C(COc1ccccc1Br)C1CC1. The molecule has 1 unspecified atom stereocenters. The Kier molecular flexibility index (Phi) is 3.49. The van der Waals surface area contributed by atoms with E-state index in [1.807, 2.05) is 24.3 Å². The Morgan fingerprint density at radius 1 is 1.50 bits per heavy atom. The predicted molar refractivity (Wildman–Crippen MR) is 63.5 cm³/mol. The lowest BCUT2D eigenvalue weighted by Crippen LogP contribution is -2.23. The van der Waals surface area contributed by atoms with Gasteiger partial charge in [0, 0.05) is 0 Å². The van der Waals surface area contributed by atoms with Gasteiger partial charge < -0.3 is 9.84 Å². The van der Waals surface area contributed by atoms with Crippen molar-refractivity contribution in [2.45, 2.75) is 12.8 Å². The molecule has 0 heterocycles. The van der Waals surface area contributed by atoms with Gasteiger partial charge in [0.1, 0.15) is 12.4 Å². The van der Waals surface area contributed by atoms with E-state index >= 15 is 0 Å². The Hall–Kier alpha value is -1.03. The molecule has 1 atom stereocenters. The zero-order valence-corrected chi connectivity index (χ0v) is 10.3. The van der Waals surface area contributed by atoms with Crippen molar-refractivity contribution >= 4 is 21.9 Å². The van der Waals surface area contributed by atoms with Crippen molar-refractivity contribution in [2.75, 3.05) is 6.61 Å². The van der Waals surface area contributed by atoms with Gasteiger partial charge in [-0.05, 0) is 46.8 Å². The van der Waals surface area contributed by atoms with Crippen LogP contribution in [0.3, 0.4) is 0 Å². The summed E-state index contributed by atoms with van der Waals surface area (Å²) in [6.07, 6.45) is 2.02. The quantitative estimate of drug-likeness (QED) is 0.904. The van der Waals surface area contributed by atoms with Gasteiger partial charge in [0.2, 0.25) is 0 Å². The van der Waals surface area contributed by atoms with Gasteiger partial charge in [-0.2, -0.15) is 0 Å². The van der Waals surface area contributed by atoms with Crippen molar-refractivity contribution in [3.05, 3.63) is 28.7 Å². The van der Waals surface area contributed by atoms with Gasteiger partial charge in [-0.1, -0.05) is 12.1 Å². The lowest BCUT2D eigenvalue weighted by molar-refractivity contribution is -0.143. The molecular formula is C12H13BrO3. The van der Waals surface area contributed by atoms with E-state index < -0.39 is 5.97 Å². The molecule has 0 aliphatic heterocycles. The van der Waals surface area contributed by atoms with Crippen molar-refractivity contribution in [2.24, 2.45) is 11.8 Å². The molecule has 1 fully saturated rings. The largest absolute Gasteiger partial charge is 0.491 e. The number of carbonyl (C=O) groups is 1. The van der Waals surface area contributed by atoms with Crippen molar-refractivity contribution in [1.82, 2.24) is 0 Å². The van der Waals surface area contributed by atoms with E-state index in [1.165, 1.54) is 0 Å². The van der Waals surface area contributed by atoms with Gasteiger partial charge in [0.15, 0.2) is 0 Å². The summed E-state index contributed by atoms with van der Waals surface area (Å²) in [5.74, 6) is -0.115. The maximum atomic E-state index is 11.0. The van der Waals surface area contributed by atoms with Crippen molar-refractivity contribution < 1.29 is 14.6 Å². The highest BCUT2D eigenvalue weighted by atomic mass is 79.9. The van der Waals surface area contributed by atoms with E-state index in [2.05, 4.69) is 15.9 Å². The number of ether oxygens (including phenoxy) is 1. The smallest absolute Gasteiger partial charge is 0.310 e. The highest BCUT2D eigenvalue weighted by Gasteiger charge is 2.36. The molecular weight excluding hydrogens is 272 g/mol. The first-order chi connectivity index (χ1) is 7.68. The van der Waals surface area contributed by atoms with E-state index in [9.17, 15) is 4.79 Å². The highest BCUT2D eigenvalue weighted by Crippen LogP contribution is 2.37. The number of carboxylic acid groups (broad SMARTS) is 1. The fraction of sp³-hybridized carbons (Fsp3) is 0.417. The molecule has 1 aromatic rings. The monoisotopic (exact) mass is 284 g/mol. The molecule has 1 aliphatic carbocycles. The van der Waals surface area contributed by atoms with E-state index in [4.69, 9.17) is 9.84 Å². The van der Waals surface area contributed by atoms with Gasteiger partial charge in [-0.25, -0.2) is 0 Å². The van der Waals surface area contributed by atoms with Crippen LogP contribution in [0, 0.1) is 11.8 Å². The second-order valence-corrected chi connectivity index (χ2v) is 4.88. The fourth-order valence-corrected chi connectivity index (χ4v) is 2.05. The van der Waals surface area contributed by atoms with Gasteiger partial charge in [0.05, 0.1) is 10.4 Å². The Bertz CT molecular complexity index is 388. The Morgan fingerprint density at radius 2 is 2.19 bits per heavy atom. The normalized spacial score (nSPS) is 16.8. The van der Waals surface area contributed by atoms with Crippen LogP contribution in [-0.4, -0.2) is 17.7 Å². The van der Waals surface area contributed by atoms with Gasteiger partial charge in [-0.15, -0.1) is 0 Å². The molecule has 4 heteroatoms. The molecule has 0 bridgehead atoms. The summed E-state index contributed by atoms with van der Waals surface area (Å²) in [6, 6.07) is 7.47. The van der Waals surface area contributed by atoms with E-state index in [1.54, 1.807) is 0 Å². The molecule has 16 heavy (non-hydrogen) atoms. The number of hydrogen-bond donors (Lipinski definition) is 1. The maximum absolute atomic E-state index is 11.0. The molecule has 0 saturated heterocycles. The Labute approximate surface area is 103 Å². The predicted octanol–water partition coefficient (Wildman–Crippen LogP) is 2.94. The van der Waals surface area contributed by atoms with Crippen molar-refractivity contribution in [3.63, 3.8) is 0 Å². The standard InChI is InChI=1S/C12H13BrO3/c13-10-3-1-2-4-11(10)16-7-9(12(14)15)8-5-6-8/h1-4,8-9H,5-7H2,(H,14,15). The molecule has 0 radical (unpaired) electrons. The average molecular weight is 285 g/mol. The molecule has 1 saturated carbocycles. The maximum Gasteiger partial charge on any atom is 0.310 e. The lowest BCUT2D eigenvalue weighted by Gasteiger charge is -2.13. The first-order valence-electron chi connectivity index (χ1n) is 5.28. The van der Waals surface area contributed by atoms with E-state index in [0.717, 1.165) is 17.3 Å². The van der Waals surface area contributed by atoms with Crippen LogP contribution in [-0.2, 0) is 4.79 Å². The molecule has 1 N–H and O–H groups in total.